The fourth-order valence-electron chi connectivity index (χ4n) is 2.85. The Balaban J connectivity index is 1.97. The number of fused-ring (bicyclic) bond motifs is 3. The van der Waals surface area contributed by atoms with Crippen molar-refractivity contribution in [2.45, 2.75) is 26.3 Å². The van der Waals surface area contributed by atoms with E-state index in [-0.39, 0.29) is 11.1 Å². The van der Waals surface area contributed by atoms with Crippen molar-refractivity contribution in [3.05, 3.63) is 58.2 Å². The maximum absolute atomic E-state index is 13.0. The Bertz CT molecular complexity index is 1170. The molecule has 4 aromatic rings. The Morgan fingerprint density at radius 1 is 1.12 bits per heavy atom. The van der Waals surface area contributed by atoms with Gasteiger partial charge >= 0.3 is 0 Å². The van der Waals surface area contributed by atoms with Crippen LogP contribution in [0.2, 0.25) is 5.02 Å². The highest BCUT2D eigenvalue weighted by molar-refractivity contribution is 7.25. The molecule has 0 saturated heterocycles. The third kappa shape index (κ3) is 2.95. The van der Waals surface area contributed by atoms with Crippen molar-refractivity contribution >= 4 is 49.1 Å². The number of aromatic nitrogens is 3. The first-order chi connectivity index (χ1) is 12.3. The number of pyridine rings is 1. The third-order valence-corrected chi connectivity index (χ3v) is 5.22. The minimum absolute atomic E-state index is 0.109. The van der Waals surface area contributed by atoms with Gasteiger partial charge in [-0.2, -0.15) is 0 Å². The number of rotatable bonds is 2. The molecule has 0 amide bonds. The monoisotopic (exact) mass is 384 g/mol. The molecule has 0 radical (unpaired) electrons. The van der Waals surface area contributed by atoms with E-state index in [2.05, 4.69) is 36.1 Å². The summed E-state index contributed by atoms with van der Waals surface area (Å²) in [6.45, 7) is 6.28. The molecule has 26 heavy (non-hydrogen) atoms. The zero-order chi connectivity index (χ0) is 18.5. The molecular weight excluding hydrogens is 368 g/mol. The summed E-state index contributed by atoms with van der Waals surface area (Å²) in [7, 11) is 0. The molecular formula is C19H17ClN4OS. The highest BCUT2D eigenvalue weighted by Crippen LogP contribution is 2.35. The Morgan fingerprint density at radius 2 is 1.85 bits per heavy atom. The van der Waals surface area contributed by atoms with Crippen LogP contribution < -0.4 is 10.9 Å². The van der Waals surface area contributed by atoms with Crippen LogP contribution in [0, 0.1) is 0 Å². The molecule has 3 aromatic heterocycles. The molecule has 0 aliphatic rings. The molecule has 0 spiro atoms. The molecule has 4 rings (SSSR count). The first-order valence-corrected chi connectivity index (χ1v) is 9.36. The van der Waals surface area contributed by atoms with E-state index in [1.807, 2.05) is 6.07 Å². The standard InChI is InChI=1S/C19H17ClN4OS/c1-19(2,3)23-13-8-9-21-17-14(13)15-16(26-17)18(25)24(10-22-15)12-6-4-11(20)5-7-12/h4-10H,1-3H3,(H,21,23). The van der Waals surface area contributed by atoms with Crippen LogP contribution >= 0.6 is 22.9 Å². The Kier molecular flexibility index (Phi) is 3.97. The lowest BCUT2D eigenvalue weighted by Crippen LogP contribution is -2.26. The summed E-state index contributed by atoms with van der Waals surface area (Å²) in [5, 5.41) is 4.99. The van der Waals surface area contributed by atoms with Crippen molar-refractivity contribution < 1.29 is 0 Å². The van der Waals surface area contributed by atoms with E-state index < -0.39 is 0 Å². The van der Waals surface area contributed by atoms with E-state index in [0.717, 1.165) is 21.6 Å². The van der Waals surface area contributed by atoms with Crippen molar-refractivity contribution in [2.75, 3.05) is 5.32 Å². The minimum Gasteiger partial charge on any atom is -0.380 e. The van der Waals surface area contributed by atoms with Gasteiger partial charge in [-0.15, -0.1) is 11.3 Å². The second kappa shape index (κ2) is 6.07. The zero-order valence-electron chi connectivity index (χ0n) is 14.6. The lowest BCUT2D eigenvalue weighted by Gasteiger charge is -2.22. The second-order valence-electron chi connectivity index (χ2n) is 7.09. The Morgan fingerprint density at radius 3 is 2.54 bits per heavy atom. The molecule has 0 saturated carbocycles. The lowest BCUT2D eigenvalue weighted by atomic mass is 10.1. The minimum atomic E-state index is -0.110. The topological polar surface area (TPSA) is 59.8 Å². The van der Waals surface area contributed by atoms with Crippen LogP contribution in [0.4, 0.5) is 5.69 Å². The summed E-state index contributed by atoms with van der Waals surface area (Å²) < 4.78 is 2.12. The van der Waals surface area contributed by atoms with E-state index >= 15 is 0 Å². The first kappa shape index (κ1) is 17.0. The average molecular weight is 385 g/mol. The van der Waals surface area contributed by atoms with Gasteiger partial charge in [0, 0.05) is 22.4 Å². The number of halogens is 1. The molecule has 0 atom stereocenters. The van der Waals surface area contributed by atoms with E-state index in [1.54, 1.807) is 36.8 Å². The van der Waals surface area contributed by atoms with Gasteiger partial charge in [0.2, 0.25) is 0 Å². The van der Waals surface area contributed by atoms with Gasteiger partial charge in [0.15, 0.2) is 0 Å². The molecule has 0 aliphatic carbocycles. The molecule has 0 aliphatic heterocycles. The molecule has 0 unspecified atom stereocenters. The van der Waals surface area contributed by atoms with Gasteiger partial charge in [-0.05, 0) is 51.1 Å². The van der Waals surface area contributed by atoms with Crippen molar-refractivity contribution in [1.29, 1.82) is 0 Å². The molecule has 0 fully saturated rings. The normalized spacial score (nSPS) is 12.0. The fraction of sp³-hybridized carbons (Fsp3) is 0.211. The van der Waals surface area contributed by atoms with Gasteiger partial charge < -0.3 is 5.32 Å². The number of hydrogen-bond acceptors (Lipinski definition) is 5. The highest BCUT2D eigenvalue weighted by Gasteiger charge is 2.18. The van der Waals surface area contributed by atoms with Crippen LogP contribution in [0.25, 0.3) is 26.1 Å². The quantitative estimate of drug-likeness (QED) is 0.536. The maximum Gasteiger partial charge on any atom is 0.275 e. The van der Waals surface area contributed by atoms with Crippen LogP contribution in [0.1, 0.15) is 20.8 Å². The average Bonchev–Trinajstić information content (AvgIpc) is 2.96. The van der Waals surface area contributed by atoms with E-state index in [4.69, 9.17) is 11.6 Å². The lowest BCUT2D eigenvalue weighted by molar-refractivity contribution is 0.635. The predicted octanol–water partition coefficient (Wildman–Crippen LogP) is 4.86. The predicted molar refractivity (Wildman–Crippen MR) is 109 cm³/mol. The number of thiophene rings is 1. The number of anilines is 1. The van der Waals surface area contributed by atoms with E-state index in [9.17, 15) is 4.79 Å². The third-order valence-electron chi connectivity index (χ3n) is 3.90. The summed E-state index contributed by atoms with van der Waals surface area (Å²) in [5.74, 6) is 0. The number of nitrogens with zero attached hydrogens (tertiary/aromatic N) is 3. The molecule has 7 heteroatoms. The van der Waals surface area contributed by atoms with Gasteiger partial charge in [-0.3, -0.25) is 9.36 Å². The smallest absolute Gasteiger partial charge is 0.275 e. The zero-order valence-corrected chi connectivity index (χ0v) is 16.1. The van der Waals surface area contributed by atoms with Gasteiger partial charge in [-0.25, -0.2) is 9.97 Å². The number of nitrogens with one attached hydrogen (secondary N) is 1. The van der Waals surface area contributed by atoms with Crippen molar-refractivity contribution in [3.8, 4) is 5.69 Å². The van der Waals surface area contributed by atoms with Crippen LogP contribution in [-0.4, -0.2) is 20.1 Å². The summed E-state index contributed by atoms with van der Waals surface area (Å²) in [6, 6.07) is 9.04. The van der Waals surface area contributed by atoms with Crippen LogP contribution in [0.5, 0.6) is 0 Å². The Labute approximate surface area is 159 Å². The Hall–Kier alpha value is -2.44. The van der Waals surface area contributed by atoms with Gasteiger partial charge in [0.25, 0.3) is 5.56 Å². The molecule has 132 valence electrons. The SMILES string of the molecule is CC(C)(C)Nc1ccnc2sc3c(=O)n(-c4ccc(Cl)cc4)cnc3c12. The van der Waals surface area contributed by atoms with Gasteiger partial charge in [0.05, 0.1) is 16.6 Å². The van der Waals surface area contributed by atoms with Crippen LogP contribution in [0.15, 0.2) is 47.7 Å². The molecule has 1 aromatic carbocycles. The first-order valence-electron chi connectivity index (χ1n) is 8.16. The largest absolute Gasteiger partial charge is 0.380 e. The number of benzene rings is 1. The molecule has 3 heterocycles. The van der Waals surface area contributed by atoms with Gasteiger partial charge in [0.1, 0.15) is 15.9 Å². The summed E-state index contributed by atoms with van der Waals surface area (Å²) in [5.41, 5.74) is 2.13. The van der Waals surface area contributed by atoms with Crippen molar-refractivity contribution in [3.63, 3.8) is 0 Å². The molecule has 1 N–H and O–H groups in total. The van der Waals surface area contributed by atoms with Crippen LogP contribution in [0.3, 0.4) is 0 Å². The van der Waals surface area contributed by atoms with E-state index in [1.165, 1.54) is 15.9 Å². The van der Waals surface area contributed by atoms with E-state index in [0.29, 0.717) is 15.2 Å². The van der Waals surface area contributed by atoms with Crippen molar-refractivity contribution in [1.82, 2.24) is 14.5 Å². The van der Waals surface area contributed by atoms with Crippen molar-refractivity contribution in [2.24, 2.45) is 0 Å². The second-order valence-corrected chi connectivity index (χ2v) is 8.53. The summed E-state index contributed by atoms with van der Waals surface area (Å²) >= 11 is 7.31. The summed E-state index contributed by atoms with van der Waals surface area (Å²) in [4.78, 5) is 22.8. The van der Waals surface area contributed by atoms with Crippen LogP contribution in [-0.2, 0) is 0 Å². The molecule has 5 nitrogen and oxygen atoms in total. The maximum atomic E-state index is 13.0. The molecule has 0 bridgehead atoms. The highest BCUT2D eigenvalue weighted by atomic mass is 35.5. The summed E-state index contributed by atoms with van der Waals surface area (Å²) in [6.07, 6.45) is 3.32. The number of hydrogen-bond donors (Lipinski definition) is 1. The van der Waals surface area contributed by atoms with Gasteiger partial charge in [-0.1, -0.05) is 11.6 Å². The fourth-order valence-corrected chi connectivity index (χ4v) is 4.03.